The summed E-state index contributed by atoms with van der Waals surface area (Å²) in [5.74, 6) is -0.698. The Kier molecular flexibility index (Phi) is 5.98. The fourth-order valence-corrected chi connectivity index (χ4v) is 8.54. The molecule has 1 N–H and O–H groups in total. The number of allylic oxidation sites excluding steroid dienone is 4. The molecule has 0 bridgehead atoms. The largest absolute Gasteiger partial charge is 0.449 e. The van der Waals surface area contributed by atoms with Crippen molar-refractivity contribution in [1.29, 1.82) is 0 Å². The van der Waals surface area contributed by atoms with Crippen LogP contribution < -0.4 is 0 Å². The van der Waals surface area contributed by atoms with Crippen LogP contribution in [0, 0.1) is 34.5 Å². The highest BCUT2D eigenvalue weighted by molar-refractivity contribution is 8.13. The summed E-state index contributed by atoms with van der Waals surface area (Å²) in [6.07, 6.45) is 7.18. The lowest BCUT2D eigenvalue weighted by atomic mass is 9.46. The van der Waals surface area contributed by atoms with Gasteiger partial charge in [0.2, 0.25) is 5.12 Å². The van der Waals surface area contributed by atoms with Crippen LogP contribution in [0.4, 0.5) is 4.39 Å². The van der Waals surface area contributed by atoms with Crippen LogP contribution in [0.15, 0.2) is 23.8 Å². The van der Waals surface area contributed by atoms with Crippen LogP contribution in [0.2, 0.25) is 0 Å². The summed E-state index contributed by atoms with van der Waals surface area (Å²) < 4.78 is 19.3. The first-order valence-corrected chi connectivity index (χ1v) is 12.6. The molecule has 0 aromatic carbocycles. The molecule has 4 aliphatic rings. The number of carbonyl (C=O) groups excluding carboxylic acids is 3. The number of ether oxygens (including phenoxy) is 1. The first kappa shape index (κ1) is 23.7. The summed E-state index contributed by atoms with van der Waals surface area (Å²) >= 11 is 0.564. The third kappa shape index (κ3) is 3.10. The number of rotatable bonds is 4. The molecular weight excluding hydrogens is 431 g/mol. The van der Waals surface area contributed by atoms with Gasteiger partial charge in [-0.15, -0.1) is 0 Å². The predicted molar refractivity (Wildman–Crippen MR) is 120 cm³/mol. The van der Waals surface area contributed by atoms with Crippen molar-refractivity contribution in [2.45, 2.75) is 71.5 Å². The van der Waals surface area contributed by atoms with Gasteiger partial charge >= 0.3 is 5.97 Å². The Labute approximate surface area is 193 Å². The lowest BCUT2D eigenvalue weighted by Gasteiger charge is -2.59. The van der Waals surface area contributed by atoms with Gasteiger partial charge in [0, 0.05) is 29.1 Å². The number of alkyl halides is 1. The van der Waals surface area contributed by atoms with Gasteiger partial charge in [-0.25, -0.2) is 4.39 Å². The molecule has 0 amide bonds. The van der Waals surface area contributed by atoms with Gasteiger partial charge < -0.3 is 9.84 Å². The maximum atomic E-state index is 13.4. The van der Waals surface area contributed by atoms with Gasteiger partial charge in [0.05, 0.1) is 6.10 Å². The lowest BCUT2D eigenvalue weighted by Crippen LogP contribution is -2.63. The number of carbonyl (C=O) groups is 3. The van der Waals surface area contributed by atoms with E-state index in [1.807, 2.05) is 19.9 Å². The quantitative estimate of drug-likeness (QED) is 0.622. The van der Waals surface area contributed by atoms with Crippen molar-refractivity contribution in [3.63, 3.8) is 0 Å². The average molecular weight is 465 g/mol. The minimum absolute atomic E-state index is 0.0140. The topological polar surface area (TPSA) is 80.7 Å². The zero-order valence-electron chi connectivity index (χ0n) is 19.2. The SMILES string of the molecule is CCC(=O)O[C@]1(C(=O)SCF)[C@H](C)CC2C3CCC4=CC(=O)C=C[C@]4(C)C3[C@@H](O)C[C@@]21C. The van der Waals surface area contributed by atoms with Gasteiger partial charge in [-0.3, -0.25) is 14.4 Å². The van der Waals surface area contributed by atoms with E-state index in [1.54, 1.807) is 19.1 Å². The molecule has 0 radical (unpaired) electrons. The molecule has 3 unspecified atom stereocenters. The fraction of sp³-hybridized carbons (Fsp3) is 0.720. The van der Waals surface area contributed by atoms with Gasteiger partial charge in [-0.05, 0) is 61.4 Å². The zero-order chi connectivity index (χ0) is 23.5. The zero-order valence-corrected chi connectivity index (χ0v) is 20.0. The first-order valence-electron chi connectivity index (χ1n) is 11.6. The second kappa shape index (κ2) is 8.08. The maximum absolute atomic E-state index is 13.4. The number of halogens is 1. The molecule has 176 valence electrons. The molecule has 4 rings (SSSR count). The first-order chi connectivity index (χ1) is 15.0. The second-order valence-electron chi connectivity index (χ2n) is 10.5. The summed E-state index contributed by atoms with van der Waals surface area (Å²) in [5.41, 5.74) is -1.59. The molecule has 0 aliphatic heterocycles. The smallest absolute Gasteiger partial charge is 0.306 e. The van der Waals surface area contributed by atoms with E-state index in [0.29, 0.717) is 24.6 Å². The highest BCUT2D eigenvalue weighted by atomic mass is 32.2. The normalized spacial score (nSPS) is 44.9. The molecule has 8 atom stereocenters. The van der Waals surface area contributed by atoms with Gasteiger partial charge in [0.1, 0.15) is 6.01 Å². The van der Waals surface area contributed by atoms with E-state index in [0.717, 1.165) is 18.4 Å². The highest BCUT2D eigenvalue weighted by Gasteiger charge is 2.73. The molecule has 7 heteroatoms. The van der Waals surface area contributed by atoms with Crippen molar-refractivity contribution in [2.75, 3.05) is 6.01 Å². The molecule has 3 saturated carbocycles. The van der Waals surface area contributed by atoms with E-state index in [9.17, 15) is 23.9 Å². The van der Waals surface area contributed by atoms with Crippen LogP contribution in [0.3, 0.4) is 0 Å². The van der Waals surface area contributed by atoms with Crippen LogP contribution >= 0.6 is 11.8 Å². The third-order valence-corrected chi connectivity index (χ3v) is 9.76. The molecule has 5 nitrogen and oxygen atoms in total. The molecule has 4 aliphatic carbocycles. The number of hydrogen-bond donors (Lipinski definition) is 1. The number of aliphatic hydroxyl groups excluding tert-OH is 1. The molecule has 3 fully saturated rings. The molecule has 0 heterocycles. The lowest BCUT2D eigenvalue weighted by molar-refractivity contribution is -0.199. The third-order valence-electron chi connectivity index (χ3n) is 9.09. The fourth-order valence-electron chi connectivity index (χ4n) is 7.75. The standard InChI is InChI=1S/C25H33FO5S/c1-5-20(29)31-25(22(30)32-13-26)14(2)10-18-17-7-6-15-11-16(27)8-9-23(15,3)21(17)19(28)12-24(18,25)4/h8-9,11,14,17-19,21,28H,5-7,10,12-13H2,1-4H3/t14-,17?,18?,19+,21?,23+,24+,25+/m1/s1. The minimum atomic E-state index is -1.46. The Balaban J connectivity index is 1.79. The Morgan fingerprint density at radius 3 is 2.72 bits per heavy atom. The summed E-state index contributed by atoms with van der Waals surface area (Å²) in [4.78, 5) is 37.9. The molecule has 0 aromatic heterocycles. The van der Waals surface area contributed by atoms with E-state index in [-0.39, 0.29) is 35.9 Å². The average Bonchev–Trinajstić information content (AvgIpc) is 2.95. The van der Waals surface area contributed by atoms with Crippen LogP contribution in [-0.2, 0) is 19.1 Å². The summed E-state index contributed by atoms with van der Waals surface area (Å²) in [6, 6.07) is -0.878. The van der Waals surface area contributed by atoms with Gasteiger partial charge in [0.25, 0.3) is 0 Å². The number of fused-ring (bicyclic) bond motifs is 5. The Morgan fingerprint density at radius 2 is 2.06 bits per heavy atom. The number of ketones is 1. The van der Waals surface area contributed by atoms with Gasteiger partial charge in [-0.1, -0.05) is 39.3 Å². The van der Waals surface area contributed by atoms with Crippen molar-refractivity contribution in [3.05, 3.63) is 23.8 Å². The highest BCUT2D eigenvalue weighted by Crippen LogP contribution is 2.69. The number of thioether (sulfide) groups is 1. The monoisotopic (exact) mass is 464 g/mol. The summed E-state index contributed by atoms with van der Waals surface area (Å²) in [5, 5.41) is 11.1. The molecule has 0 spiro atoms. The van der Waals surface area contributed by atoms with Crippen molar-refractivity contribution in [2.24, 2.45) is 34.5 Å². The van der Waals surface area contributed by atoms with E-state index in [2.05, 4.69) is 6.92 Å². The number of aliphatic hydroxyl groups is 1. The Bertz CT molecular complexity index is 899. The van der Waals surface area contributed by atoms with E-state index in [1.165, 1.54) is 0 Å². The minimum Gasteiger partial charge on any atom is -0.449 e. The van der Waals surface area contributed by atoms with Gasteiger partial charge in [0.15, 0.2) is 11.4 Å². The van der Waals surface area contributed by atoms with Crippen LogP contribution in [0.1, 0.15) is 59.8 Å². The van der Waals surface area contributed by atoms with E-state index < -0.39 is 39.6 Å². The van der Waals surface area contributed by atoms with E-state index >= 15 is 0 Å². The predicted octanol–water partition coefficient (Wildman–Crippen LogP) is 4.39. The Morgan fingerprint density at radius 1 is 1.34 bits per heavy atom. The molecule has 0 aromatic rings. The maximum Gasteiger partial charge on any atom is 0.306 e. The molecular formula is C25H33FO5S. The Hall–Kier alpha value is -1.47. The van der Waals surface area contributed by atoms with E-state index in [4.69, 9.17) is 4.74 Å². The van der Waals surface area contributed by atoms with Crippen molar-refractivity contribution < 1.29 is 28.6 Å². The van der Waals surface area contributed by atoms with Crippen molar-refractivity contribution in [3.8, 4) is 0 Å². The van der Waals surface area contributed by atoms with Gasteiger partial charge in [-0.2, -0.15) is 0 Å². The number of esters is 1. The summed E-state index contributed by atoms with van der Waals surface area (Å²) in [6.45, 7) is 7.64. The van der Waals surface area contributed by atoms with Crippen molar-refractivity contribution >= 4 is 28.6 Å². The van der Waals surface area contributed by atoms with Crippen molar-refractivity contribution in [1.82, 2.24) is 0 Å². The number of hydrogen-bond acceptors (Lipinski definition) is 6. The van der Waals surface area contributed by atoms with Crippen LogP contribution in [0.25, 0.3) is 0 Å². The van der Waals surface area contributed by atoms with Crippen LogP contribution in [0.5, 0.6) is 0 Å². The molecule has 0 saturated heterocycles. The van der Waals surface area contributed by atoms with Crippen LogP contribution in [-0.4, -0.2) is 39.7 Å². The second-order valence-corrected chi connectivity index (χ2v) is 11.3. The molecule has 32 heavy (non-hydrogen) atoms. The summed E-state index contributed by atoms with van der Waals surface area (Å²) in [7, 11) is 0.